The molecule has 3 N–H and O–H groups in total. The standard InChI is InChI=1S/C12H15ClN2O3/c1-7(2)6-14-12(18)15-8-3-4-10(13)9(5-8)11(16)17/h3-5,7H,6H2,1-2H3,(H,16,17)(H2,14,15,18). The van der Waals surface area contributed by atoms with E-state index in [9.17, 15) is 9.59 Å². The molecular formula is C12H15ClN2O3. The summed E-state index contributed by atoms with van der Waals surface area (Å²) in [6, 6.07) is 3.93. The summed E-state index contributed by atoms with van der Waals surface area (Å²) in [6.45, 7) is 4.50. The Morgan fingerprint density at radius 1 is 1.39 bits per heavy atom. The van der Waals surface area contributed by atoms with Gasteiger partial charge in [-0.15, -0.1) is 0 Å². The number of amides is 2. The van der Waals surface area contributed by atoms with Crippen molar-refractivity contribution in [2.24, 2.45) is 5.92 Å². The predicted molar refractivity (Wildman–Crippen MR) is 70.3 cm³/mol. The zero-order valence-corrected chi connectivity index (χ0v) is 10.9. The number of hydrogen-bond donors (Lipinski definition) is 3. The number of anilines is 1. The molecule has 0 aliphatic heterocycles. The number of aromatic carboxylic acids is 1. The summed E-state index contributed by atoms with van der Waals surface area (Å²) in [6.07, 6.45) is 0. The van der Waals surface area contributed by atoms with Crippen molar-refractivity contribution >= 4 is 29.3 Å². The molecule has 0 spiro atoms. The second-order valence-corrected chi connectivity index (χ2v) is 4.64. The molecule has 18 heavy (non-hydrogen) atoms. The first kappa shape index (κ1) is 14.3. The van der Waals surface area contributed by atoms with Gasteiger partial charge in [-0.25, -0.2) is 9.59 Å². The van der Waals surface area contributed by atoms with Crippen LogP contribution in [0, 0.1) is 5.92 Å². The summed E-state index contributed by atoms with van der Waals surface area (Å²) in [5, 5.41) is 14.2. The summed E-state index contributed by atoms with van der Waals surface area (Å²) >= 11 is 5.72. The highest BCUT2D eigenvalue weighted by molar-refractivity contribution is 6.33. The van der Waals surface area contributed by atoms with Gasteiger partial charge in [0, 0.05) is 12.2 Å². The van der Waals surface area contributed by atoms with E-state index in [0.717, 1.165) is 0 Å². The van der Waals surface area contributed by atoms with Gasteiger partial charge >= 0.3 is 12.0 Å². The maximum Gasteiger partial charge on any atom is 0.337 e. The van der Waals surface area contributed by atoms with E-state index in [1.54, 1.807) is 6.07 Å². The van der Waals surface area contributed by atoms with Gasteiger partial charge in [0.1, 0.15) is 0 Å². The van der Waals surface area contributed by atoms with E-state index in [1.165, 1.54) is 12.1 Å². The molecule has 1 aromatic rings. The van der Waals surface area contributed by atoms with Crippen LogP contribution >= 0.6 is 11.6 Å². The second-order valence-electron chi connectivity index (χ2n) is 4.23. The maximum atomic E-state index is 11.5. The number of benzene rings is 1. The van der Waals surface area contributed by atoms with Crippen LogP contribution in [-0.4, -0.2) is 23.7 Å². The van der Waals surface area contributed by atoms with Crippen LogP contribution in [-0.2, 0) is 0 Å². The number of carboxylic acid groups (broad SMARTS) is 1. The van der Waals surface area contributed by atoms with Crippen molar-refractivity contribution in [1.29, 1.82) is 0 Å². The first-order chi connectivity index (χ1) is 8.40. The summed E-state index contributed by atoms with van der Waals surface area (Å²) in [5.74, 6) is -0.790. The molecule has 0 atom stereocenters. The molecule has 0 heterocycles. The zero-order chi connectivity index (χ0) is 13.7. The van der Waals surface area contributed by atoms with Gasteiger partial charge in [0.15, 0.2) is 0 Å². The van der Waals surface area contributed by atoms with E-state index >= 15 is 0 Å². The van der Waals surface area contributed by atoms with Crippen LogP contribution in [0.25, 0.3) is 0 Å². The third kappa shape index (κ3) is 4.25. The van der Waals surface area contributed by atoms with Crippen LogP contribution in [0.5, 0.6) is 0 Å². The van der Waals surface area contributed by atoms with Crippen molar-refractivity contribution in [3.63, 3.8) is 0 Å². The molecule has 98 valence electrons. The largest absolute Gasteiger partial charge is 0.478 e. The lowest BCUT2D eigenvalue weighted by Crippen LogP contribution is -2.31. The molecule has 0 radical (unpaired) electrons. The van der Waals surface area contributed by atoms with Crippen LogP contribution in [0.2, 0.25) is 5.02 Å². The van der Waals surface area contributed by atoms with E-state index < -0.39 is 5.97 Å². The molecule has 1 aromatic carbocycles. The minimum Gasteiger partial charge on any atom is -0.478 e. The van der Waals surface area contributed by atoms with Gasteiger partial charge in [0.05, 0.1) is 10.6 Å². The van der Waals surface area contributed by atoms with Crippen molar-refractivity contribution in [2.45, 2.75) is 13.8 Å². The number of carbonyl (C=O) groups is 2. The Labute approximate surface area is 110 Å². The van der Waals surface area contributed by atoms with E-state index in [2.05, 4.69) is 10.6 Å². The Bertz CT molecular complexity index is 461. The number of urea groups is 1. The monoisotopic (exact) mass is 270 g/mol. The fourth-order valence-corrected chi connectivity index (χ4v) is 1.44. The Morgan fingerprint density at radius 3 is 2.61 bits per heavy atom. The molecule has 0 fully saturated rings. The first-order valence-electron chi connectivity index (χ1n) is 5.48. The number of carboxylic acids is 1. The highest BCUT2D eigenvalue weighted by Crippen LogP contribution is 2.20. The lowest BCUT2D eigenvalue weighted by molar-refractivity contribution is 0.0697. The van der Waals surface area contributed by atoms with E-state index in [-0.39, 0.29) is 16.6 Å². The van der Waals surface area contributed by atoms with Crippen molar-refractivity contribution in [3.05, 3.63) is 28.8 Å². The molecule has 1 rings (SSSR count). The van der Waals surface area contributed by atoms with Gasteiger partial charge in [0.2, 0.25) is 0 Å². The smallest absolute Gasteiger partial charge is 0.337 e. The van der Waals surface area contributed by atoms with E-state index in [1.807, 2.05) is 13.8 Å². The minimum atomic E-state index is -1.13. The topological polar surface area (TPSA) is 78.4 Å². The summed E-state index contributed by atoms with van der Waals surface area (Å²) < 4.78 is 0. The van der Waals surface area contributed by atoms with Gasteiger partial charge in [-0.2, -0.15) is 0 Å². The van der Waals surface area contributed by atoms with Crippen LogP contribution in [0.3, 0.4) is 0 Å². The molecule has 0 unspecified atom stereocenters. The molecule has 6 heteroatoms. The van der Waals surface area contributed by atoms with Crippen LogP contribution in [0.4, 0.5) is 10.5 Å². The van der Waals surface area contributed by atoms with Gasteiger partial charge < -0.3 is 15.7 Å². The maximum absolute atomic E-state index is 11.5. The van der Waals surface area contributed by atoms with Crippen molar-refractivity contribution in [3.8, 4) is 0 Å². The Balaban J connectivity index is 2.70. The first-order valence-corrected chi connectivity index (χ1v) is 5.85. The summed E-state index contributed by atoms with van der Waals surface area (Å²) in [7, 11) is 0. The lowest BCUT2D eigenvalue weighted by atomic mass is 10.2. The van der Waals surface area contributed by atoms with Crippen molar-refractivity contribution in [2.75, 3.05) is 11.9 Å². The average Bonchev–Trinajstić information content (AvgIpc) is 2.28. The molecule has 0 saturated carbocycles. The van der Waals surface area contributed by atoms with Gasteiger partial charge in [-0.3, -0.25) is 0 Å². The fourth-order valence-electron chi connectivity index (χ4n) is 1.24. The summed E-state index contributed by atoms with van der Waals surface area (Å²) in [4.78, 5) is 22.3. The lowest BCUT2D eigenvalue weighted by Gasteiger charge is -2.10. The van der Waals surface area contributed by atoms with E-state index in [0.29, 0.717) is 18.2 Å². The average molecular weight is 271 g/mol. The van der Waals surface area contributed by atoms with Crippen molar-refractivity contribution in [1.82, 2.24) is 5.32 Å². The molecule has 0 saturated heterocycles. The highest BCUT2D eigenvalue weighted by Gasteiger charge is 2.10. The molecule has 2 amide bonds. The zero-order valence-electron chi connectivity index (χ0n) is 10.2. The number of nitrogens with one attached hydrogen (secondary N) is 2. The van der Waals surface area contributed by atoms with E-state index in [4.69, 9.17) is 16.7 Å². The number of halogens is 1. The third-order valence-electron chi connectivity index (χ3n) is 2.13. The SMILES string of the molecule is CC(C)CNC(=O)Nc1ccc(Cl)c(C(=O)O)c1. The number of hydrogen-bond acceptors (Lipinski definition) is 2. The second kappa shape index (κ2) is 6.26. The minimum absolute atomic E-state index is 0.0432. The predicted octanol–water partition coefficient (Wildman–Crippen LogP) is 2.82. The molecule has 0 aliphatic rings. The number of rotatable bonds is 4. The normalized spacial score (nSPS) is 10.2. The Kier molecular flexibility index (Phi) is 4.97. The van der Waals surface area contributed by atoms with Crippen LogP contribution < -0.4 is 10.6 Å². The Hall–Kier alpha value is -1.75. The highest BCUT2D eigenvalue weighted by atomic mass is 35.5. The van der Waals surface area contributed by atoms with Gasteiger partial charge in [-0.05, 0) is 24.1 Å². The van der Waals surface area contributed by atoms with Crippen LogP contribution in [0.15, 0.2) is 18.2 Å². The van der Waals surface area contributed by atoms with Crippen molar-refractivity contribution < 1.29 is 14.7 Å². The molecule has 0 aliphatic carbocycles. The molecule has 5 nitrogen and oxygen atoms in total. The van der Waals surface area contributed by atoms with Gasteiger partial charge in [0.25, 0.3) is 0 Å². The summed E-state index contributed by atoms with van der Waals surface area (Å²) in [5.41, 5.74) is 0.344. The van der Waals surface area contributed by atoms with Crippen LogP contribution in [0.1, 0.15) is 24.2 Å². The van der Waals surface area contributed by atoms with Gasteiger partial charge in [-0.1, -0.05) is 25.4 Å². The molecule has 0 aromatic heterocycles. The molecular weight excluding hydrogens is 256 g/mol. The quantitative estimate of drug-likeness (QED) is 0.787. The Morgan fingerprint density at radius 2 is 2.06 bits per heavy atom. The molecule has 0 bridgehead atoms. The fraction of sp³-hybridized carbons (Fsp3) is 0.333. The third-order valence-corrected chi connectivity index (χ3v) is 2.46. The number of carbonyl (C=O) groups excluding carboxylic acids is 1.